The van der Waals surface area contributed by atoms with Crippen LogP contribution in [0.1, 0.15) is 6.92 Å². The Morgan fingerprint density at radius 3 is 3.00 bits per heavy atom. The summed E-state index contributed by atoms with van der Waals surface area (Å²) in [5.41, 5.74) is 1.81. The van der Waals surface area contributed by atoms with Gasteiger partial charge in [-0.3, -0.25) is 9.69 Å². The number of amides is 1. The second kappa shape index (κ2) is 6.23. The van der Waals surface area contributed by atoms with Gasteiger partial charge in [-0.15, -0.1) is 11.3 Å². The summed E-state index contributed by atoms with van der Waals surface area (Å²) in [4.78, 5) is 17.6. The van der Waals surface area contributed by atoms with Gasteiger partial charge in [0.1, 0.15) is 0 Å². The fraction of sp³-hybridized carbons (Fsp3) is 0.429. The van der Waals surface area contributed by atoms with Crippen molar-refractivity contribution in [1.29, 1.82) is 0 Å². The molecule has 0 saturated carbocycles. The van der Waals surface area contributed by atoms with E-state index >= 15 is 0 Å². The molecule has 1 aliphatic heterocycles. The summed E-state index contributed by atoms with van der Waals surface area (Å²) in [6.45, 7) is 4.91. The summed E-state index contributed by atoms with van der Waals surface area (Å²) in [5, 5.41) is 2.98. The maximum Gasteiger partial charge on any atom is 0.241 e. The van der Waals surface area contributed by atoms with Crippen molar-refractivity contribution in [2.45, 2.75) is 13.0 Å². The molecule has 21 heavy (non-hydrogen) atoms. The van der Waals surface area contributed by atoms with Crippen LogP contribution in [-0.2, 0) is 9.53 Å². The molecule has 0 radical (unpaired) electrons. The lowest BCUT2D eigenvalue weighted by Gasteiger charge is -2.31. The van der Waals surface area contributed by atoms with Gasteiger partial charge in [0, 0.05) is 18.8 Å². The third-order valence-corrected chi connectivity index (χ3v) is 4.86. The highest BCUT2D eigenvalue weighted by Crippen LogP contribution is 2.23. The average molecular weight is 323 g/mol. The van der Waals surface area contributed by atoms with Crippen LogP contribution < -0.4 is 5.32 Å². The molecule has 0 aliphatic carbocycles. The van der Waals surface area contributed by atoms with Gasteiger partial charge >= 0.3 is 0 Å². The number of carbonyl (C=O) groups is 1. The van der Waals surface area contributed by atoms with Crippen molar-refractivity contribution in [2.24, 2.45) is 0 Å². The number of hydrogen-bond acceptors (Lipinski definition) is 5. The van der Waals surface area contributed by atoms with E-state index in [1.807, 2.05) is 25.1 Å². The molecule has 2 heterocycles. The first-order valence-corrected chi connectivity index (χ1v) is 8.11. The van der Waals surface area contributed by atoms with Crippen LogP contribution in [0.2, 0.25) is 0 Å². The Morgan fingerprint density at radius 1 is 1.48 bits per heavy atom. The smallest absolute Gasteiger partial charge is 0.241 e. The van der Waals surface area contributed by atoms with Crippen molar-refractivity contribution >= 4 is 45.4 Å². The normalized spacial score (nSPS) is 17.8. The Kier molecular flexibility index (Phi) is 4.34. The van der Waals surface area contributed by atoms with Crippen LogP contribution in [0.15, 0.2) is 18.2 Å². The summed E-state index contributed by atoms with van der Waals surface area (Å²) in [6, 6.07) is 5.63. The lowest BCUT2D eigenvalue weighted by Crippen LogP contribution is -2.47. The van der Waals surface area contributed by atoms with Crippen molar-refractivity contribution in [1.82, 2.24) is 9.88 Å². The van der Waals surface area contributed by atoms with Crippen molar-refractivity contribution in [3.05, 3.63) is 22.2 Å². The number of hydrogen-bond donors (Lipinski definition) is 2. The van der Waals surface area contributed by atoms with Gasteiger partial charge in [-0.25, -0.2) is 0 Å². The van der Waals surface area contributed by atoms with E-state index in [1.54, 1.807) is 0 Å². The second-order valence-electron chi connectivity index (χ2n) is 5.04. The maximum absolute atomic E-state index is 12.3. The van der Waals surface area contributed by atoms with E-state index < -0.39 is 0 Å². The molecule has 0 spiro atoms. The molecule has 112 valence electrons. The number of morpholine rings is 1. The minimum Gasteiger partial charge on any atom is -0.379 e. The molecule has 1 aromatic carbocycles. The molecule has 5 nitrogen and oxygen atoms in total. The van der Waals surface area contributed by atoms with Crippen LogP contribution in [-0.4, -0.2) is 48.1 Å². The van der Waals surface area contributed by atoms with Crippen LogP contribution in [0.3, 0.4) is 0 Å². The van der Waals surface area contributed by atoms with Crippen LogP contribution in [0.4, 0.5) is 5.69 Å². The molecule has 3 rings (SSSR count). The zero-order valence-electron chi connectivity index (χ0n) is 11.7. The molecule has 1 atom stereocenters. The summed E-state index contributed by atoms with van der Waals surface area (Å²) >= 11 is 6.64. The molecule has 1 unspecified atom stereocenters. The molecule has 7 heteroatoms. The zero-order valence-corrected chi connectivity index (χ0v) is 13.4. The van der Waals surface area contributed by atoms with E-state index in [9.17, 15) is 4.79 Å². The molecule has 1 amide bonds. The molecule has 1 saturated heterocycles. The Hall–Kier alpha value is -1.28. The Labute approximate surface area is 131 Å². The number of carbonyl (C=O) groups excluding carboxylic acids is 1. The predicted molar refractivity (Wildman–Crippen MR) is 87.5 cm³/mol. The maximum atomic E-state index is 12.3. The topological polar surface area (TPSA) is 57.4 Å². The van der Waals surface area contributed by atoms with Gasteiger partial charge in [-0.1, -0.05) is 0 Å². The molecule has 1 fully saturated rings. The van der Waals surface area contributed by atoms with Crippen molar-refractivity contribution in [3.8, 4) is 0 Å². The van der Waals surface area contributed by atoms with Crippen LogP contribution in [0, 0.1) is 3.95 Å². The molecule has 1 aliphatic rings. The lowest BCUT2D eigenvalue weighted by molar-refractivity contribution is -0.122. The van der Waals surface area contributed by atoms with Crippen LogP contribution in [0.5, 0.6) is 0 Å². The van der Waals surface area contributed by atoms with E-state index in [0.717, 1.165) is 32.9 Å². The Bertz CT molecular complexity index is 704. The number of H-pyrrole nitrogens is 1. The highest BCUT2D eigenvalue weighted by atomic mass is 32.1. The zero-order chi connectivity index (χ0) is 14.8. The minimum atomic E-state index is -0.158. The Balaban J connectivity index is 1.71. The van der Waals surface area contributed by atoms with Crippen molar-refractivity contribution in [3.63, 3.8) is 0 Å². The molecule has 2 aromatic rings. The SMILES string of the molecule is CC(C(=O)Nc1ccc2[nH]c(=S)sc2c1)N1CCOCC1. The summed E-state index contributed by atoms with van der Waals surface area (Å²) < 4.78 is 7.11. The average Bonchev–Trinajstić information content (AvgIpc) is 2.86. The quantitative estimate of drug-likeness (QED) is 0.853. The van der Waals surface area contributed by atoms with Gasteiger partial charge in [0.2, 0.25) is 5.91 Å². The summed E-state index contributed by atoms with van der Waals surface area (Å²) in [6.07, 6.45) is 0. The number of ether oxygens (including phenoxy) is 1. The summed E-state index contributed by atoms with van der Waals surface area (Å²) in [7, 11) is 0. The fourth-order valence-corrected chi connectivity index (χ4v) is 3.56. The first kappa shape index (κ1) is 14.6. The minimum absolute atomic E-state index is 0.00961. The first-order valence-electron chi connectivity index (χ1n) is 6.89. The third kappa shape index (κ3) is 3.32. The standard InChI is InChI=1S/C14H17N3O2S2/c1-9(17-4-6-19-7-5-17)13(18)15-10-2-3-11-12(8-10)21-14(20)16-11/h2-3,8-9H,4-7H2,1H3,(H,15,18)(H,16,20). The molecule has 2 N–H and O–H groups in total. The Morgan fingerprint density at radius 2 is 2.24 bits per heavy atom. The summed E-state index contributed by atoms with van der Waals surface area (Å²) in [5.74, 6) is 0.00961. The number of nitrogens with zero attached hydrogens (tertiary/aromatic N) is 1. The van der Waals surface area contributed by atoms with Gasteiger partial charge < -0.3 is 15.0 Å². The molecular weight excluding hydrogens is 306 g/mol. The number of aromatic nitrogens is 1. The van der Waals surface area contributed by atoms with E-state index in [2.05, 4.69) is 15.2 Å². The van der Waals surface area contributed by atoms with Gasteiger partial charge in [-0.2, -0.15) is 0 Å². The number of thiazole rings is 1. The predicted octanol–water partition coefficient (Wildman–Crippen LogP) is 2.62. The van der Waals surface area contributed by atoms with Gasteiger partial charge in [0.15, 0.2) is 3.95 Å². The van der Waals surface area contributed by atoms with Crippen molar-refractivity contribution in [2.75, 3.05) is 31.6 Å². The highest BCUT2D eigenvalue weighted by molar-refractivity contribution is 7.73. The van der Waals surface area contributed by atoms with E-state index in [-0.39, 0.29) is 11.9 Å². The second-order valence-corrected chi connectivity index (χ2v) is 6.76. The van der Waals surface area contributed by atoms with Crippen LogP contribution in [0.25, 0.3) is 10.2 Å². The third-order valence-electron chi connectivity index (χ3n) is 3.66. The number of rotatable bonds is 3. The van der Waals surface area contributed by atoms with Gasteiger partial charge in [0.25, 0.3) is 0 Å². The number of fused-ring (bicyclic) bond motifs is 1. The lowest BCUT2D eigenvalue weighted by atomic mass is 10.2. The number of benzene rings is 1. The largest absolute Gasteiger partial charge is 0.379 e. The highest BCUT2D eigenvalue weighted by Gasteiger charge is 2.23. The van der Waals surface area contributed by atoms with E-state index in [4.69, 9.17) is 17.0 Å². The monoisotopic (exact) mass is 323 g/mol. The molecule has 0 bridgehead atoms. The van der Waals surface area contributed by atoms with Gasteiger partial charge in [0.05, 0.1) is 29.5 Å². The number of anilines is 1. The molecular formula is C14H17N3O2S2. The molecule has 1 aromatic heterocycles. The van der Waals surface area contributed by atoms with Gasteiger partial charge in [-0.05, 0) is 37.3 Å². The number of aromatic amines is 1. The van der Waals surface area contributed by atoms with E-state index in [0.29, 0.717) is 13.2 Å². The number of nitrogens with one attached hydrogen (secondary N) is 2. The van der Waals surface area contributed by atoms with Crippen LogP contribution >= 0.6 is 23.6 Å². The van der Waals surface area contributed by atoms with E-state index in [1.165, 1.54) is 11.3 Å². The van der Waals surface area contributed by atoms with Crippen molar-refractivity contribution < 1.29 is 9.53 Å². The fourth-order valence-electron chi connectivity index (χ4n) is 2.40. The first-order chi connectivity index (χ1) is 10.1.